The molecule has 0 saturated carbocycles. The highest BCUT2D eigenvalue weighted by molar-refractivity contribution is 7.16. The van der Waals surface area contributed by atoms with Crippen molar-refractivity contribution in [2.24, 2.45) is 0 Å². The highest BCUT2D eigenvalue weighted by Gasteiger charge is 2.16. The zero-order valence-electron chi connectivity index (χ0n) is 11.3. The van der Waals surface area contributed by atoms with Gasteiger partial charge in [-0.25, -0.2) is 0 Å². The van der Waals surface area contributed by atoms with Crippen LogP contribution in [0.25, 0.3) is 0 Å². The van der Waals surface area contributed by atoms with Gasteiger partial charge in [-0.15, -0.1) is 11.3 Å². The maximum atomic E-state index is 12.4. The van der Waals surface area contributed by atoms with E-state index in [4.69, 9.17) is 11.6 Å². The number of benzene rings is 1. The molecular weight excluding hydrogens is 312 g/mol. The van der Waals surface area contributed by atoms with Crippen molar-refractivity contribution in [3.63, 3.8) is 0 Å². The third-order valence-corrected chi connectivity index (χ3v) is 4.19. The van der Waals surface area contributed by atoms with Crippen LogP contribution in [-0.2, 0) is 6.54 Å². The Morgan fingerprint density at radius 1 is 1.29 bits per heavy atom. The summed E-state index contributed by atoms with van der Waals surface area (Å²) in [5, 5.41) is 10.6. The van der Waals surface area contributed by atoms with E-state index in [0.29, 0.717) is 23.0 Å². The minimum absolute atomic E-state index is 0.0281. The van der Waals surface area contributed by atoms with Crippen LogP contribution in [0.4, 0.5) is 5.69 Å². The van der Waals surface area contributed by atoms with Gasteiger partial charge >= 0.3 is 0 Å². The first kappa shape index (κ1) is 15.5. The average molecular weight is 325 g/mol. The lowest BCUT2D eigenvalue weighted by molar-refractivity contribution is -0.384. The molecule has 1 amide bonds. The molecule has 0 fully saturated rings. The van der Waals surface area contributed by atoms with Crippen LogP contribution >= 0.6 is 22.9 Å². The third kappa shape index (κ3) is 3.80. The molecule has 0 N–H and O–H groups in total. The Balaban J connectivity index is 2.13. The molecule has 1 aromatic carbocycles. The maximum absolute atomic E-state index is 12.4. The van der Waals surface area contributed by atoms with Crippen molar-refractivity contribution >= 4 is 34.5 Å². The summed E-state index contributed by atoms with van der Waals surface area (Å²) in [6.07, 6.45) is 0. The van der Waals surface area contributed by atoms with Crippen molar-refractivity contribution in [2.75, 3.05) is 6.54 Å². The van der Waals surface area contributed by atoms with Gasteiger partial charge in [0.05, 0.1) is 15.8 Å². The van der Waals surface area contributed by atoms with E-state index >= 15 is 0 Å². The number of carbonyl (C=O) groups excluding carboxylic acids is 1. The topological polar surface area (TPSA) is 63.5 Å². The maximum Gasteiger partial charge on any atom is 0.269 e. The number of nitro benzene ring substituents is 1. The molecular formula is C14H13ClN2O3S. The lowest BCUT2D eigenvalue weighted by Gasteiger charge is -2.20. The molecule has 110 valence electrons. The zero-order chi connectivity index (χ0) is 15.4. The lowest BCUT2D eigenvalue weighted by Crippen LogP contribution is -2.29. The third-order valence-electron chi connectivity index (χ3n) is 2.97. The van der Waals surface area contributed by atoms with Crippen molar-refractivity contribution in [1.82, 2.24) is 4.90 Å². The number of halogens is 1. The highest BCUT2D eigenvalue weighted by Crippen LogP contribution is 2.23. The van der Waals surface area contributed by atoms with Crippen molar-refractivity contribution in [2.45, 2.75) is 13.5 Å². The van der Waals surface area contributed by atoms with Gasteiger partial charge in [0.2, 0.25) is 0 Å². The summed E-state index contributed by atoms with van der Waals surface area (Å²) in [6, 6.07) is 9.31. The van der Waals surface area contributed by atoms with Crippen molar-refractivity contribution < 1.29 is 9.72 Å². The Hall–Kier alpha value is -1.92. The second-order valence-corrected chi connectivity index (χ2v) is 6.13. The van der Waals surface area contributed by atoms with E-state index in [1.165, 1.54) is 35.6 Å². The van der Waals surface area contributed by atoms with Crippen LogP contribution in [0.3, 0.4) is 0 Å². The van der Waals surface area contributed by atoms with Gasteiger partial charge in [0, 0.05) is 29.1 Å². The lowest BCUT2D eigenvalue weighted by atomic mass is 10.2. The molecule has 0 spiro atoms. The van der Waals surface area contributed by atoms with Gasteiger partial charge in [0.1, 0.15) is 0 Å². The monoisotopic (exact) mass is 324 g/mol. The van der Waals surface area contributed by atoms with Gasteiger partial charge in [-0.3, -0.25) is 14.9 Å². The Labute approximate surface area is 130 Å². The van der Waals surface area contributed by atoms with E-state index in [0.717, 1.165) is 4.88 Å². The first-order valence-electron chi connectivity index (χ1n) is 6.29. The van der Waals surface area contributed by atoms with Crippen molar-refractivity contribution in [1.29, 1.82) is 0 Å². The fraction of sp³-hybridized carbons (Fsp3) is 0.214. The summed E-state index contributed by atoms with van der Waals surface area (Å²) >= 11 is 7.31. The molecule has 0 bridgehead atoms. The van der Waals surface area contributed by atoms with E-state index in [2.05, 4.69) is 0 Å². The minimum atomic E-state index is -0.487. The van der Waals surface area contributed by atoms with Crippen LogP contribution in [0, 0.1) is 10.1 Å². The first-order valence-corrected chi connectivity index (χ1v) is 7.48. The van der Waals surface area contributed by atoms with Crippen LogP contribution in [-0.4, -0.2) is 22.3 Å². The summed E-state index contributed by atoms with van der Waals surface area (Å²) in [4.78, 5) is 25.2. The van der Waals surface area contributed by atoms with E-state index in [9.17, 15) is 14.9 Å². The minimum Gasteiger partial charge on any atom is -0.334 e. The van der Waals surface area contributed by atoms with Crippen LogP contribution in [0.5, 0.6) is 0 Å². The molecule has 1 aromatic heterocycles. The fourth-order valence-corrected chi connectivity index (χ4v) is 2.96. The number of nitrogens with zero attached hydrogens (tertiary/aromatic N) is 2. The van der Waals surface area contributed by atoms with E-state index < -0.39 is 4.92 Å². The molecule has 0 saturated heterocycles. The summed E-state index contributed by atoms with van der Waals surface area (Å²) < 4.78 is 0.684. The van der Waals surface area contributed by atoms with Crippen molar-refractivity contribution in [3.8, 4) is 0 Å². The molecule has 0 radical (unpaired) electrons. The molecule has 0 atom stereocenters. The molecule has 0 unspecified atom stereocenters. The number of non-ortho nitro benzene ring substituents is 1. The van der Waals surface area contributed by atoms with Gasteiger partial charge in [0.25, 0.3) is 11.6 Å². The predicted molar refractivity (Wildman–Crippen MR) is 82.8 cm³/mol. The first-order chi connectivity index (χ1) is 10.0. The normalized spacial score (nSPS) is 10.4. The number of thiophene rings is 1. The molecule has 21 heavy (non-hydrogen) atoms. The largest absolute Gasteiger partial charge is 0.334 e. The molecule has 2 aromatic rings. The smallest absolute Gasteiger partial charge is 0.269 e. The van der Waals surface area contributed by atoms with E-state index in [1.54, 1.807) is 11.0 Å². The standard InChI is InChI=1S/C14H13ClN2O3S/c1-2-16(9-12-7-8-13(15)21-12)14(18)10-3-5-11(6-4-10)17(19)20/h3-8H,2,9H2,1H3. The Morgan fingerprint density at radius 2 is 1.95 bits per heavy atom. The van der Waals surface area contributed by atoms with Gasteiger partial charge in [0.15, 0.2) is 0 Å². The Bertz CT molecular complexity index is 654. The fourth-order valence-electron chi connectivity index (χ4n) is 1.86. The average Bonchev–Trinajstić information content (AvgIpc) is 2.89. The second-order valence-electron chi connectivity index (χ2n) is 4.33. The van der Waals surface area contributed by atoms with Crippen LogP contribution < -0.4 is 0 Å². The number of amides is 1. The number of rotatable bonds is 5. The van der Waals surface area contributed by atoms with Gasteiger partial charge in [-0.1, -0.05) is 11.6 Å². The molecule has 1 heterocycles. The number of hydrogen-bond donors (Lipinski definition) is 0. The highest BCUT2D eigenvalue weighted by atomic mass is 35.5. The number of nitro groups is 1. The quantitative estimate of drug-likeness (QED) is 0.617. The van der Waals surface area contributed by atoms with Crippen LogP contribution in [0.1, 0.15) is 22.2 Å². The molecule has 0 aliphatic carbocycles. The van der Waals surface area contributed by atoms with E-state index in [1.807, 2.05) is 13.0 Å². The second kappa shape index (κ2) is 6.69. The number of hydrogen-bond acceptors (Lipinski definition) is 4. The van der Waals surface area contributed by atoms with Crippen LogP contribution in [0.2, 0.25) is 4.34 Å². The van der Waals surface area contributed by atoms with E-state index in [-0.39, 0.29) is 11.6 Å². The summed E-state index contributed by atoms with van der Waals surface area (Å²) in [6.45, 7) is 2.91. The molecule has 2 rings (SSSR count). The number of carbonyl (C=O) groups is 1. The summed E-state index contributed by atoms with van der Waals surface area (Å²) in [5.74, 6) is -0.156. The molecule has 0 aliphatic rings. The summed E-state index contributed by atoms with van der Waals surface area (Å²) in [5.41, 5.74) is 0.407. The molecule has 7 heteroatoms. The SMILES string of the molecule is CCN(Cc1ccc(Cl)s1)C(=O)c1ccc([N+](=O)[O-])cc1. The van der Waals surface area contributed by atoms with Gasteiger partial charge < -0.3 is 4.90 Å². The Morgan fingerprint density at radius 3 is 2.43 bits per heavy atom. The van der Waals surface area contributed by atoms with Gasteiger partial charge in [-0.05, 0) is 31.2 Å². The van der Waals surface area contributed by atoms with Gasteiger partial charge in [-0.2, -0.15) is 0 Å². The molecule has 0 aliphatic heterocycles. The van der Waals surface area contributed by atoms with Crippen LogP contribution in [0.15, 0.2) is 36.4 Å². The summed E-state index contributed by atoms with van der Waals surface area (Å²) in [7, 11) is 0. The zero-order valence-corrected chi connectivity index (χ0v) is 12.9. The Kier molecular flexibility index (Phi) is 4.93. The predicted octanol–water partition coefficient (Wildman–Crippen LogP) is 3.97. The molecule has 5 nitrogen and oxygen atoms in total. The van der Waals surface area contributed by atoms with Crippen molar-refractivity contribution in [3.05, 3.63) is 61.3 Å².